The number of H-pyrrole nitrogens is 2. The van der Waals surface area contributed by atoms with Gasteiger partial charge in [-0.3, -0.25) is 71.2 Å². The fourth-order valence-corrected chi connectivity index (χ4v) is 20.9. The van der Waals surface area contributed by atoms with Crippen molar-refractivity contribution in [2.75, 3.05) is 113 Å². The molecule has 3 aliphatic rings. The van der Waals surface area contributed by atoms with Crippen molar-refractivity contribution in [3.05, 3.63) is 423 Å². The molecule has 15 rings (SSSR count). The minimum Gasteiger partial charge on any atom is -0.350 e. The molecule has 0 bridgehead atoms. The number of rotatable bonds is 38. The van der Waals surface area contributed by atoms with Gasteiger partial charge in [-0.2, -0.15) is 4.98 Å². The van der Waals surface area contributed by atoms with Crippen molar-refractivity contribution in [2.45, 2.75) is 133 Å². The van der Waals surface area contributed by atoms with Gasteiger partial charge in [0.15, 0.2) is 24.5 Å². The minimum absolute atomic E-state index is 0.0205. The van der Waals surface area contributed by atoms with E-state index >= 15 is 0 Å². The lowest BCUT2D eigenvalue weighted by Crippen LogP contribution is -2.58. The van der Waals surface area contributed by atoms with Crippen molar-refractivity contribution >= 4 is 72.0 Å². The number of aromatic nitrogens is 6. The van der Waals surface area contributed by atoms with Crippen molar-refractivity contribution < 1.29 is 51.1 Å². The highest BCUT2D eigenvalue weighted by atomic mass is 35.7. The number of anilines is 1. The number of nitrogens with one attached hydrogen (secondary N) is 4. The van der Waals surface area contributed by atoms with Crippen LogP contribution in [0.4, 0.5) is 5.82 Å². The third-order valence-electron chi connectivity index (χ3n) is 25.5. The Kier molecular flexibility index (Phi) is 39.1. The number of hydrogen-bond donors (Lipinski definition) is 4. The van der Waals surface area contributed by atoms with Crippen molar-refractivity contribution in [3.8, 4) is 11.8 Å². The van der Waals surface area contributed by atoms with E-state index in [9.17, 15) is 47.3 Å². The molecule has 6 heterocycles. The number of carbonyl (C=O) groups is 2. The average Bonchev–Trinajstić information content (AvgIpc) is 0.735. The Morgan fingerprint density at radius 1 is 0.428 bits per heavy atom. The van der Waals surface area contributed by atoms with Crippen LogP contribution in [0.25, 0.3) is 0 Å². The SMILES string of the molecule is C=C(C)CCCCc1cn(C2CN(C(c3ccccc3)(c3ccccc3)c3ccccc3)CC(COP(=O)(Cl)N(C)C)O2)c(=O)[nH]c1=O.CC(=O)NCC#Cc1cn(C2CN(C(c3ccccc3)(c3ccccc3)c3ccccc3)CC(COP(=O)(Cl)N(C)C)O2)c(=O)nc1NC(C)=O.CCCCCc1cn(C2CN(C(c3ccccc3)(c3ccccc3)c3ccccc3)CC(COP(=O)(Cl)N(C)C)O2)c(=O)[nH]c1=O. The highest BCUT2D eigenvalue weighted by Gasteiger charge is 2.51. The largest absolute Gasteiger partial charge is 0.362 e. The Balaban J connectivity index is 0.000000182. The summed E-state index contributed by atoms with van der Waals surface area (Å²) in [4.78, 5) is 106. The van der Waals surface area contributed by atoms with Crippen molar-refractivity contribution in [2.24, 2.45) is 0 Å². The van der Waals surface area contributed by atoms with Crippen LogP contribution in [0, 0.1) is 11.8 Å². The second-order valence-electron chi connectivity index (χ2n) is 36.4. The van der Waals surface area contributed by atoms with Gasteiger partial charge < -0.3 is 38.4 Å². The number of ether oxygens (including phenoxy) is 3. The zero-order valence-corrected chi connectivity index (χ0v) is 88.0. The molecule has 30 nitrogen and oxygen atoms in total. The summed E-state index contributed by atoms with van der Waals surface area (Å²) in [5.41, 5.74) is 6.25. The van der Waals surface area contributed by atoms with Gasteiger partial charge in [0.1, 0.15) is 0 Å². The second-order valence-corrected chi connectivity index (χ2v) is 46.1. The summed E-state index contributed by atoms with van der Waals surface area (Å²) in [6.07, 6.45) is 6.54. The number of benzene rings is 9. The smallest absolute Gasteiger partial charge is 0.350 e. The quantitative estimate of drug-likeness (QED) is 0.00918. The molecule has 36 heteroatoms. The van der Waals surface area contributed by atoms with E-state index < -0.39 is 103 Å². The first kappa shape index (κ1) is 111. The molecule has 3 aromatic heterocycles. The summed E-state index contributed by atoms with van der Waals surface area (Å²) >= 11 is 18.9. The molecule has 3 aliphatic heterocycles. The predicted molar refractivity (Wildman–Crippen MR) is 570 cm³/mol. The van der Waals surface area contributed by atoms with Gasteiger partial charge in [-0.1, -0.05) is 310 Å². The molecule has 4 N–H and O–H groups in total. The average molecular weight is 2090 g/mol. The van der Waals surface area contributed by atoms with Gasteiger partial charge in [0.25, 0.3) is 11.1 Å². The lowest BCUT2D eigenvalue weighted by Gasteiger charge is -2.50. The molecule has 9 atom stereocenters. The fourth-order valence-electron chi connectivity index (χ4n) is 18.6. The Morgan fingerprint density at radius 2 is 0.710 bits per heavy atom. The molecular formula is C109H126Cl3N14O16P3. The number of unbranched alkanes of at least 4 members (excludes halogenated alkanes) is 3. The van der Waals surface area contributed by atoms with Gasteiger partial charge in [0.2, 0.25) is 11.8 Å². The van der Waals surface area contributed by atoms with Gasteiger partial charge >= 0.3 is 37.7 Å². The molecule has 3 saturated heterocycles. The Labute approximate surface area is 860 Å². The molecule has 3 fully saturated rings. The van der Waals surface area contributed by atoms with Crippen LogP contribution in [0.1, 0.15) is 152 Å². The van der Waals surface area contributed by atoms with E-state index in [1.165, 1.54) is 47.8 Å². The fraction of sp³-hybridized carbons (Fsp3) is 0.339. The van der Waals surface area contributed by atoms with Crippen LogP contribution in [0.15, 0.2) is 328 Å². The summed E-state index contributed by atoms with van der Waals surface area (Å²) in [5.74, 6) is 5.04. The van der Waals surface area contributed by atoms with Crippen LogP contribution >= 0.6 is 54.3 Å². The van der Waals surface area contributed by atoms with Gasteiger partial charge in [-0.25, -0.2) is 28.4 Å². The molecule has 145 heavy (non-hydrogen) atoms. The zero-order chi connectivity index (χ0) is 104. The number of nitrogens with zero attached hydrogens (tertiary/aromatic N) is 10. The van der Waals surface area contributed by atoms with E-state index in [4.69, 9.17) is 61.5 Å². The summed E-state index contributed by atoms with van der Waals surface area (Å²) < 4.78 is 84.5. The minimum atomic E-state index is -3.68. The summed E-state index contributed by atoms with van der Waals surface area (Å²) in [7, 11) is 9.49. The molecule has 0 saturated carbocycles. The summed E-state index contributed by atoms with van der Waals surface area (Å²) in [6, 6.07) is 91.5. The van der Waals surface area contributed by atoms with Crippen LogP contribution in [0.5, 0.6) is 0 Å². The number of halogens is 3. The molecule has 0 spiro atoms. The van der Waals surface area contributed by atoms with E-state index in [0.717, 1.165) is 94.2 Å². The van der Waals surface area contributed by atoms with Gasteiger partial charge in [0.05, 0.1) is 66.9 Å². The predicted octanol–water partition coefficient (Wildman–Crippen LogP) is 18.1. The lowest BCUT2D eigenvalue weighted by atomic mass is 9.75. The number of allylic oxidation sites excluding steroid dienone is 1. The van der Waals surface area contributed by atoms with Crippen molar-refractivity contribution in [3.63, 3.8) is 0 Å². The molecule has 0 radical (unpaired) electrons. The van der Waals surface area contributed by atoms with E-state index in [2.05, 4.69) is 175 Å². The van der Waals surface area contributed by atoms with E-state index in [1.54, 1.807) is 54.7 Å². The second kappa shape index (κ2) is 51.2. The zero-order valence-electron chi connectivity index (χ0n) is 83.1. The Morgan fingerprint density at radius 3 is 0.972 bits per heavy atom. The molecule has 0 aliphatic carbocycles. The standard InChI is InChI=1S/C37H40ClN6O6P.C37H44ClN4O5P.C35H42ClN4O5P/c1-27(45)39-22-14-15-29-23-44(36(47)41-35(29)40-28(2)46)34-25-43(24-33(50-34)26-49-51(38,48)42(3)4)37(30-16-8-5-9-17-30,31-18-10-6-11-19-31)32-20-12-7-13-21-32;1-28(2)16-14-15-17-29-24-42(36(44)39-35(29)43)34-26-41(25-33(47-34)27-46-48(38,45)40(3)4)37(30-18-8-5-9-19-30,31-20-10-6-11-21-31)32-22-12-7-13-23-32;1-4-5-9-16-27-23-40(34(42)37-33(27)41)32-25-39(24-31(45-32)26-44-46(36,43)38(2)3)35(28-17-10-6-11-18-28,29-19-12-7-13-20-29)30-21-14-8-15-22-30/h5-13,16-21,23,33-34H,22,24-26H2,1-4H3,(H,39,45)(H,40,41,46,47);5-13,18-24,33-34H,1,14-17,25-27H2,2-4H3,(H,39,43,44);6-8,10-15,17-23,31-32H,4-5,9,16,24-26H2,1-3H3,(H,37,41,42). The monoisotopic (exact) mass is 2080 g/mol. The number of aryl methyl sites for hydroxylation is 2. The van der Waals surface area contributed by atoms with Crippen LogP contribution in [0.2, 0.25) is 0 Å². The lowest BCUT2D eigenvalue weighted by molar-refractivity contribution is -0.148. The third kappa shape index (κ3) is 27.3. The highest BCUT2D eigenvalue weighted by Crippen LogP contribution is 2.57. The maximum absolute atomic E-state index is 13.8. The first-order chi connectivity index (χ1) is 69.6. The molecule has 9 unspecified atom stereocenters. The topological polar surface area (TPSA) is 329 Å². The Bertz CT molecular complexity index is 6570. The molecule has 2 amide bonds. The first-order valence-electron chi connectivity index (χ1n) is 48.1. The van der Waals surface area contributed by atoms with Gasteiger partial charge in [-0.15, -0.1) is 6.58 Å². The number of morpholine rings is 3. The molecule has 9 aromatic carbocycles. The van der Waals surface area contributed by atoms with E-state index in [-0.39, 0.29) is 68.8 Å². The van der Waals surface area contributed by atoms with Gasteiger partial charge in [0, 0.05) is 82.8 Å². The molecule has 764 valence electrons. The number of hydrogen-bond acceptors (Lipinski definition) is 20. The van der Waals surface area contributed by atoms with Crippen LogP contribution in [-0.4, -0.2) is 195 Å². The molecular weight excluding hydrogens is 1960 g/mol. The number of amides is 2. The van der Waals surface area contributed by atoms with Crippen LogP contribution in [-0.2, 0) is 80.5 Å². The maximum atomic E-state index is 13.8. The first-order valence-corrected chi connectivity index (χ1v) is 55.6. The number of carbonyl (C=O) groups excluding carboxylic acids is 2. The van der Waals surface area contributed by atoms with Crippen LogP contribution < -0.4 is 38.8 Å². The summed E-state index contributed by atoms with van der Waals surface area (Å²) in [5, 5.41) is 5.18. The number of aromatic amines is 2. The normalized spacial score (nSPS) is 18.2. The van der Waals surface area contributed by atoms with Crippen LogP contribution in [0.3, 0.4) is 0 Å². The van der Waals surface area contributed by atoms with Crippen molar-refractivity contribution in [1.29, 1.82) is 0 Å². The molecule has 12 aromatic rings. The van der Waals surface area contributed by atoms with Crippen molar-refractivity contribution in [1.82, 2.24) is 62.7 Å². The maximum Gasteiger partial charge on any atom is 0.362 e. The van der Waals surface area contributed by atoms with Gasteiger partial charge in [-0.05, 0) is 172 Å². The summed E-state index contributed by atoms with van der Waals surface area (Å²) in [6.45, 7) is 1.30. The Hall–Kier alpha value is -11.5. The van der Waals surface area contributed by atoms with E-state index in [0.29, 0.717) is 43.6 Å². The van der Waals surface area contributed by atoms with E-state index in [1.807, 2.05) is 171 Å². The highest BCUT2D eigenvalue weighted by molar-refractivity contribution is 7.84. The third-order valence-corrected chi connectivity index (χ3v) is 33.4.